The second-order valence-electron chi connectivity index (χ2n) is 4.78. The van der Waals surface area contributed by atoms with E-state index in [0.717, 1.165) is 31.4 Å². The van der Waals surface area contributed by atoms with E-state index in [2.05, 4.69) is 21.2 Å². The maximum atomic E-state index is 10.7. The van der Waals surface area contributed by atoms with Crippen molar-refractivity contribution in [2.45, 2.75) is 37.8 Å². The van der Waals surface area contributed by atoms with Gasteiger partial charge in [-0.2, -0.15) is 0 Å². The summed E-state index contributed by atoms with van der Waals surface area (Å²) >= 11 is 3.23. The standard InChI is InChI=1S/C13H17BrN2O3/c1-19-11-5-2-9(3-6-11)15-10-4-7-13(16(17)18)12(14)8-10/h4,7-9,11,15H,2-3,5-6H2,1H3. The van der Waals surface area contributed by atoms with Crippen LogP contribution < -0.4 is 5.32 Å². The first-order chi connectivity index (χ1) is 9.10. The Morgan fingerprint density at radius 1 is 1.37 bits per heavy atom. The van der Waals surface area contributed by atoms with Gasteiger partial charge < -0.3 is 10.1 Å². The van der Waals surface area contributed by atoms with Crippen LogP contribution in [0.15, 0.2) is 22.7 Å². The molecule has 0 amide bonds. The number of hydrogen-bond donors (Lipinski definition) is 1. The first-order valence-electron chi connectivity index (χ1n) is 6.33. The lowest BCUT2D eigenvalue weighted by Crippen LogP contribution is -2.29. The zero-order chi connectivity index (χ0) is 13.8. The number of hydrogen-bond acceptors (Lipinski definition) is 4. The molecule has 1 N–H and O–H groups in total. The van der Waals surface area contributed by atoms with Gasteiger partial charge in [-0.25, -0.2) is 0 Å². The summed E-state index contributed by atoms with van der Waals surface area (Å²) < 4.78 is 5.85. The molecule has 0 spiro atoms. The number of methoxy groups -OCH3 is 1. The van der Waals surface area contributed by atoms with E-state index in [1.165, 1.54) is 6.07 Å². The first kappa shape index (κ1) is 14.3. The predicted octanol–water partition coefficient (Wildman–Crippen LogP) is 3.73. The van der Waals surface area contributed by atoms with Gasteiger partial charge in [0.1, 0.15) is 0 Å². The smallest absolute Gasteiger partial charge is 0.283 e. The number of nitrogens with one attached hydrogen (secondary N) is 1. The Kier molecular flexibility index (Phi) is 4.76. The van der Waals surface area contributed by atoms with Gasteiger partial charge in [-0.3, -0.25) is 10.1 Å². The lowest BCUT2D eigenvalue weighted by atomic mass is 9.93. The van der Waals surface area contributed by atoms with Crippen molar-refractivity contribution in [2.24, 2.45) is 0 Å². The van der Waals surface area contributed by atoms with Crippen molar-refractivity contribution in [1.82, 2.24) is 0 Å². The highest BCUT2D eigenvalue weighted by Crippen LogP contribution is 2.29. The van der Waals surface area contributed by atoms with Crippen LogP contribution in [0.4, 0.5) is 11.4 Å². The van der Waals surface area contributed by atoms with E-state index >= 15 is 0 Å². The van der Waals surface area contributed by atoms with Gasteiger partial charge in [0.15, 0.2) is 0 Å². The Morgan fingerprint density at radius 3 is 2.58 bits per heavy atom. The molecule has 2 rings (SSSR count). The molecule has 0 atom stereocenters. The SMILES string of the molecule is COC1CCC(Nc2ccc([N+](=O)[O-])c(Br)c2)CC1. The van der Waals surface area contributed by atoms with E-state index in [4.69, 9.17) is 4.74 Å². The molecule has 0 aromatic heterocycles. The Balaban J connectivity index is 1.97. The minimum atomic E-state index is -0.391. The van der Waals surface area contributed by atoms with Crippen molar-refractivity contribution < 1.29 is 9.66 Å². The summed E-state index contributed by atoms with van der Waals surface area (Å²) in [5.74, 6) is 0. The normalized spacial score (nSPS) is 23.1. The average molecular weight is 329 g/mol. The van der Waals surface area contributed by atoms with Gasteiger partial charge in [-0.1, -0.05) is 0 Å². The number of halogens is 1. The third-order valence-electron chi connectivity index (χ3n) is 3.52. The summed E-state index contributed by atoms with van der Waals surface area (Å²) in [5, 5.41) is 14.2. The van der Waals surface area contributed by atoms with Gasteiger partial charge in [0, 0.05) is 24.9 Å². The molecule has 1 aliphatic carbocycles. The molecule has 1 saturated carbocycles. The van der Waals surface area contributed by atoms with E-state index in [1.807, 2.05) is 0 Å². The number of nitrogens with zero attached hydrogens (tertiary/aromatic N) is 1. The highest BCUT2D eigenvalue weighted by Gasteiger charge is 2.21. The molecule has 19 heavy (non-hydrogen) atoms. The van der Waals surface area contributed by atoms with Crippen LogP contribution in [0.2, 0.25) is 0 Å². The van der Waals surface area contributed by atoms with Crippen LogP contribution in [0.5, 0.6) is 0 Å². The quantitative estimate of drug-likeness (QED) is 0.675. The molecule has 1 aromatic carbocycles. The number of ether oxygens (including phenoxy) is 1. The lowest BCUT2D eigenvalue weighted by Gasteiger charge is -2.28. The number of nitro groups is 1. The summed E-state index contributed by atoms with van der Waals surface area (Å²) in [6.45, 7) is 0. The Morgan fingerprint density at radius 2 is 2.05 bits per heavy atom. The molecular weight excluding hydrogens is 312 g/mol. The molecule has 1 fully saturated rings. The second kappa shape index (κ2) is 6.34. The van der Waals surface area contributed by atoms with Gasteiger partial charge >= 0.3 is 0 Å². The minimum Gasteiger partial charge on any atom is -0.382 e. The van der Waals surface area contributed by atoms with E-state index in [9.17, 15) is 10.1 Å². The number of nitro benzene ring substituents is 1. The molecule has 0 unspecified atom stereocenters. The van der Waals surface area contributed by atoms with Crippen LogP contribution in [0.1, 0.15) is 25.7 Å². The Bertz CT molecular complexity index is 459. The summed E-state index contributed by atoms with van der Waals surface area (Å²) in [6.07, 6.45) is 4.62. The Labute approximate surface area is 120 Å². The molecule has 0 saturated heterocycles. The van der Waals surface area contributed by atoms with Gasteiger partial charge in [-0.05, 0) is 53.7 Å². The second-order valence-corrected chi connectivity index (χ2v) is 5.63. The monoisotopic (exact) mass is 328 g/mol. The van der Waals surface area contributed by atoms with Gasteiger partial charge in [0.25, 0.3) is 5.69 Å². The molecule has 0 bridgehead atoms. The molecule has 104 valence electrons. The van der Waals surface area contributed by atoms with Crippen LogP contribution in [-0.4, -0.2) is 24.2 Å². The van der Waals surface area contributed by atoms with Gasteiger partial charge in [-0.15, -0.1) is 0 Å². The van der Waals surface area contributed by atoms with Crippen molar-refractivity contribution in [3.8, 4) is 0 Å². The molecule has 0 heterocycles. The molecular formula is C13H17BrN2O3. The van der Waals surface area contributed by atoms with Crippen LogP contribution in [0.25, 0.3) is 0 Å². The topological polar surface area (TPSA) is 64.4 Å². The van der Waals surface area contributed by atoms with Crippen molar-refractivity contribution in [2.75, 3.05) is 12.4 Å². The number of anilines is 1. The van der Waals surface area contributed by atoms with Crippen molar-refractivity contribution >= 4 is 27.3 Å². The van der Waals surface area contributed by atoms with Crippen LogP contribution in [0.3, 0.4) is 0 Å². The first-order valence-corrected chi connectivity index (χ1v) is 7.12. The van der Waals surface area contributed by atoms with E-state index in [1.54, 1.807) is 19.2 Å². The molecule has 0 aliphatic heterocycles. The van der Waals surface area contributed by atoms with Crippen LogP contribution >= 0.6 is 15.9 Å². The summed E-state index contributed by atoms with van der Waals surface area (Å²) in [4.78, 5) is 10.3. The van der Waals surface area contributed by atoms with Crippen molar-refractivity contribution in [3.63, 3.8) is 0 Å². The fourth-order valence-corrected chi connectivity index (χ4v) is 2.95. The zero-order valence-electron chi connectivity index (χ0n) is 10.8. The number of benzene rings is 1. The molecule has 0 radical (unpaired) electrons. The third-order valence-corrected chi connectivity index (χ3v) is 4.16. The fraction of sp³-hybridized carbons (Fsp3) is 0.538. The minimum absolute atomic E-state index is 0.0913. The lowest BCUT2D eigenvalue weighted by molar-refractivity contribution is -0.385. The highest BCUT2D eigenvalue weighted by molar-refractivity contribution is 9.10. The van der Waals surface area contributed by atoms with E-state index < -0.39 is 4.92 Å². The molecule has 6 heteroatoms. The Hall–Kier alpha value is -1.14. The van der Waals surface area contributed by atoms with E-state index in [-0.39, 0.29) is 5.69 Å². The average Bonchev–Trinajstić information content (AvgIpc) is 2.39. The maximum absolute atomic E-state index is 10.7. The van der Waals surface area contributed by atoms with E-state index in [0.29, 0.717) is 16.6 Å². The molecule has 1 aromatic rings. The van der Waals surface area contributed by atoms with Gasteiger partial charge in [0.2, 0.25) is 0 Å². The summed E-state index contributed by atoms with van der Waals surface area (Å²) in [7, 11) is 1.76. The third kappa shape index (κ3) is 3.67. The largest absolute Gasteiger partial charge is 0.382 e. The maximum Gasteiger partial charge on any atom is 0.283 e. The zero-order valence-corrected chi connectivity index (χ0v) is 12.4. The number of rotatable bonds is 4. The predicted molar refractivity (Wildman–Crippen MR) is 77.5 cm³/mol. The summed E-state index contributed by atoms with van der Waals surface area (Å²) in [6, 6.07) is 5.46. The molecule has 5 nitrogen and oxygen atoms in total. The van der Waals surface area contributed by atoms with Crippen LogP contribution in [0, 0.1) is 10.1 Å². The molecule has 1 aliphatic rings. The van der Waals surface area contributed by atoms with Crippen LogP contribution in [-0.2, 0) is 4.74 Å². The fourth-order valence-electron chi connectivity index (χ4n) is 2.42. The van der Waals surface area contributed by atoms with Crippen molar-refractivity contribution in [3.05, 3.63) is 32.8 Å². The van der Waals surface area contributed by atoms with Gasteiger partial charge in [0.05, 0.1) is 15.5 Å². The highest BCUT2D eigenvalue weighted by atomic mass is 79.9. The van der Waals surface area contributed by atoms with Crippen molar-refractivity contribution in [1.29, 1.82) is 0 Å². The summed E-state index contributed by atoms with van der Waals surface area (Å²) in [5.41, 5.74) is 1.01.